The molecule has 1 aliphatic carbocycles. The normalized spacial score (nSPS) is 14.8. The van der Waals surface area contributed by atoms with Gasteiger partial charge in [-0.2, -0.15) is 0 Å². The number of benzene rings is 1. The van der Waals surface area contributed by atoms with Crippen molar-refractivity contribution >= 4 is 5.69 Å². The summed E-state index contributed by atoms with van der Waals surface area (Å²) >= 11 is 0. The highest BCUT2D eigenvalue weighted by atomic mass is 16.6. The molecule has 5 heteroatoms. The fourth-order valence-electron chi connectivity index (χ4n) is 1.52. The third kappa shape index (κ3) is 2.70. The largest absolute Gasteiger partial charge is 0.496 e. The lowest BCUT2D eigenvalue weighted by molar-refractivity contribution is -0.385. The number of rotatable bonds is 5. The van der Waals surface area contributed by atoms with Gasteiger partial charge < -0.3 is 10.1 Å². The van der Waals surface area contributed by atoms with E-state index in [1.165, 1.54) is 26.0 Å². The molecule has 0 aliphatic heterocycles. The smallest absolute Gasteiger partial charge is 0.273 e. The predicted molar refractivity (Wildman–Crippen MR) is 59.5 cm³/mol. The van der Waals surface area contributed by atoms with E-state index in [1.54, 1.807) is 6.07 Å². The summed E-state index contributed by atoms with van der Waals surface area (Å²) in [7, 11) is 1.51. The van der Waals surface area contributed by atoms with E-state index in [0.717, 1.165) is 5.56 Å². The van der Waals surface area contributed by atoms with Crippen LogP contribution in [-0.2, 0) is 6.54 Å². The van der Waals surface area contributed by atoms with Gasteiger partial charge in [0.05, 0.1) is 18.1 Å². The molecule has 0 unspecified atom stereocenters. The van der Waals surface area contributed by atoms with Crippen molar-refractivity contribution in [3.8, 4) is 5.75 Å². The molecule has 0 spiro atoms. The second kappa shape index (κ2) is 4.49. The van der Waals surface area contributed by atoms with Crippen LogP contribution in [0.1, 0.15) is 18.4 Å². The van der Waals surface area contributed by atoms with Gasteiger partial charge in [-0.05, 0) is 24.5 Å². The molecule has 0 heterocycles. The molecule has 1 N–H and O–H groups in total. The van der Waals surface area contributed by atoms with Crippen LogP contribution >= 0.6 is 0 Å². The topological polar surface area (TPSA) is 64.4 Å². The van der Waals surface area contributed by atoms with Crippen LogP contribution in [0, 0.1) is 10.1 Å². The minimum Gasteiger partial charge on any atom is -0.496 e. The Bertz CT molecular complexity index is 402. The average Bonchev–Trinajstić information content (AvgIpc) is 3.09. The molecular formula is C11H14N2O3. The quantitative estimate of drug-likeness (QED) is 0.610. The third-order valence-corrected chi connectivity index (χ3v) is 2.57. The monoisotopic (exact) mass is 222 g/mol. The lowest BCUT2D eigenvalue weighted by Gasteiger charge is -2.06. The van der Waals surface area contributed by atoms with E-state index < -0.39 is 4.92 Å². The zero-order valence-electron chi connectivity index (χ0n) is 9.10. The molecule has 0 atom stereocenters. The molecule has 0 saturated heterocycles. The van der Waals surface area contributed by atoms with Crippen molar-refractivity contribution in [2.45, 2.75) is 25.4 Å². The zero-order chi connectivity index (χ0) is 11.5. The summed E-state index contributed by atoms with van der Waals surface area (Å²) < 4.78 is 5.04. The van der Waals surface area contributed by atoms with Crippen molar-refractivity contribution in [1.82, 2.24) is 5.32 Å². The number of nitro groups is 1. The summed E-state index contributed by atoms with van der Waals surface area (Å²) in [4.78, 5) is 10.3. The Morgan fingerprint density at radius 3 is 2.81 bits per heavy atom. The second-order valence-electron chi connectivity index (χ2n) is 3.95. The molecule has 0 radical (unpaired) electrons. The minimum absolute atomic E-state index is 0.0759. The van der Waals surface area contributed by atoms with E-state index in [1.807, 2.05) is 6.07 Å². The zero-order valence-corrected chi connectivity index (χ0v) is 9.10. The Balaban J connectivity index is 2.14. The van der Waals surface area contributed by atoms with Crippen molar-refractivity contribution in [1.29, 1.82) is 0 Å². The Kier molecular flexibility index (Phi) is 3.05. The fraction of sp³-hybridized carbons (Fsp3) is 0.455. The molecule has 1 fully saturated rings. The van der Waals surface area contributed by atoms with Gasteiger partial charge in [-0.1, -0.05) is 0 Å². The van der Waals surface area contributed by atoms with Gasteiger partial charge in [0.2, 0.25) is 0 Å². The predicted octanol–water partition coefficient (Wildman–Crippen LogP) is 1.86. The summed E-state index contributed by atoms with van der Waals surface area (Å²) in [6, 6.07) is 5.42. The van der Waals surface area contributed by atoms with Crippen molar-refractivity contribution in [3.05, 3.63) is 33.9 Å². The first-order chi connectivity index (χ1) is 7.69. The maximum Gasteiger partial charge on any atom is 0.273 e. The number of hydrogen-bond donors (Lipinski definition) is 1. The van der Waals surface area contributed by atoms with Gasteiger partial charge in [-0.25, -0.2) is 0 Å². The minimum atomic E-state index is -0.400. The molecule has 2 rings (SSSR count). The summed E-state index contributed by atoms with van der Waals surface area (Å²) in [5.41, 5.74) is 0.963. The van der Waals surface area contributed by atoms with Crippen molar-refractivity contribution < 1.29 is 9.66 Å². The number of ether oxygens (including phenoxy) is 1. The van der Waals surface area contributed by atoms with E-state index in [0.29, 0.717) is 18.3 Å². The van der Waals surface area contributed by atoms with Gasteiger partial charge in [-0.3, -0.25) is 10.1 Å². The first kappa shape index (κ1) is 10.9. The van der Waals surface area contributed by atoms with Crippen molar-refractivity contribution in [3.63, 3.8) is 0 Å². The van der Waals surface area contributed by atoms with E-state index in [9.17, 15) is 10.1 Å². The maximum absolute atomic E-state index is 10.7. The highest BCUT2D eigenvalue weighted by molar-refractivity contribution is 5.42. The Hall–Kier alpha value is -1.62. The summed E-state index contributed by atoms with van der Waals surface area (Å²) in [6.07, 6.45) is 2.40. The number of nitrogens with one attached hydrogen (secondary N) is 1. The third-order valence-electron chi connectivity index (χ3n) is 2.57. The Morgan fingerprint density at radius 1 is 1.50 bits per heavy atom. The van der Waals surface area contributed by atoms with Crippen molar-refractivity contribution in [2.75, 3.05) is 7.11 Å². The molecular weight excluding hydrogens is 208 g/mol. The van der Waals surface area contributed by atoms with Crippen LogP contribution in [-0.4, -0.2) is 18.1 Å². The molecule has 0 amide bonds. The van der Waals surface area contributed by atoms with Gasteiger partial charge in [0.25, 0.3) is 5.69 Å². The highest BCUT2D eigenvalue weighted by Crippen LogP contribution is 2.24. The fourth-order valence-corrected chi connectivity index (χ4v) is 1.52. The Labute approximate surface area is 93.6 Å². The average molecular weight is 222 g/mol. The van der Waals surface area contributed by atoms with Gasteiger partial charge in [0.1, 0.15) is 5.75 Å². The van der Waals surface area contributed by atoms with Gasteiger partial charge in [0.15, 0.2) is 0 Å². The molecule has 86 valence electrons. The van der Waals surface area contributed by atoms with Crippen LogP contribution in [0.5, 0.6) is 5.75 Å². The van der Waals surface area contributed by atoms with Crippen LogP contribution in [0.25, 0.3) is 0 Å². The first-order valence-electron chi connectivity index (χ1n) is 5.25. The summed E-state index contributed by atoms with van der Waals surface area (Å²) in [5, 5.41) is 14.0. The SMILES string of the molecule is COc1cc(CNC2CC2)cc([N+](=O)[O-])c1. The number of nitrogens with zero attached hydrogens (tertiary/aromatic N) is 1. The highest BCUT2D eigenvalue weighted by Gasteiger charge is 2.20. The van der Waals surface area contributed by atoms with Crippen molar-refractivity contribution in [2.24, 2.45) is 0 Å². The summed E-state index contributed by atoms with van der Waals surface area (Å²) in [6.45, 7) is 0.655. The molecule has 0 bridgehead atoms. The van der Waals surface area contributed by atoms with Crippen LogP contribution in [0.2, 0.25) is 0 Å². The number of hydrogen-bond acceptors (Lipinski definition) is 4. The molecule has 1 aliphatic rings. The lowest BCUT2D eigenvalue weighted by atomic mass is 10.2. The number of non-ortho nitro benzene ring substituents is 1. The summed E-state index contributed by atoms with van der Waals surface area (Å²) in [5.74, 6) is 0.529. The number of methoxy groups -OCH3 is 1. The van der Waals surface area contributed by atoms with Crippen LogP contribution in [0.3, 0.4) is 0 Å². The Morgan fingerprint density at radius 2 is 2.25 bits per heavy atom. The van der Waals surface area contributed by atoms with E-state index >= 15 is 0 Å². The standard InChI is InChI=1S/C11H14N2O3/c1-16-11-5-8(7-12-9-2-3-9)4-10(6-11)13(14)15/h4-6,9,12H,2-3,7H2,1H3. The molecule has 16 heavy (non-hydrogen) atoms. The van der Waals surface area contributed by atoms with Gasteiger partial charge in [0, 0.05) is 18.7 Å². The molecule has 1 aromatic rings. The second-order valence-corrected chi connectivity index (χ2v) is 3.95. The molecule has 5 nitrogen and oxygen atoms in total. The first-order valence-corrected chi connectivity index (χ1v) is 5.25. The van der Waals surface area contributed by atoms with E-state index in [-0.39, 0.29) is 5.69 Å². The molecule has 1 saturated carbocycles. The van der Waals surface area contributed by atoms with E-state index in [2.05, 4.69) is 5.32 Å². The lowest BCUT2D eigenvalue weighted by Crippen LogP contribution is -2.15. The van der Waals surface area contributed by atoms with Gasteiger partial charge >= 0.3 is 0 Å². The van der Waals surface area contributed by atoms with E-state index in [4.69, 9.17) is 4.74 Å². The van der Waals surface area contributed by atoms with Crippen LogP contribution in [0.4, 0.5) is 5.69 Å². The number of nitro benzene ring substituents is 1. The maximum atomic E-state index is 10.7. The molecule has 1 aromatic carbocycles. The van der Waals surface area contributed by atoms with Crippen LogP contribution in [0.15, 0.2) is 18.2 Å². The van der Waals surface area contributed by atoms with Gasteiger partial charge in [-0.15, -0.1) is 0 Å². The van der Waals surface area contributed by atoms with Crippen LogP contribution < -0.4 is 10.1 Å². The molecule has 0 aromatic heterocycles.